The van der Waals surface area contributed by atoms with Gasteiger partial charge in [0.15, 0.2) is 0 Å². The maximum atomic E-state index is 4.79. The van der Waals surface area contributed by atoms with Crippen LogP contribution in [0.15, 0.2) is 35.0 Å². The summed E-state index contributed by atoms with van der Waals surface area (Å²) in [6.45, 7) is 2.09. The minimum atomic E-state index is 0.454. The molecule has 0 spiro atoms. The minimum absolute atomic E-state index is 0.454. The lowest BCUT2D eigenvalue weighted by Gasteiger charge is -2.33. The van der Waals surface area contributed by atoms with E-state index in [1.54, 1.807) is 0 Å². The summed E-state index contributed by atoms with van der Waals surface area (Å²) in [4.78, 5) is 9.58. The van der Waals surface area contributed by atoms with Gasteiger partial charge in [0.2, 0.25) is 0 Å². The molecule has 2 aromatic heterocycles. The third-order valence-electron chi connectivity index (χ3n) is 7.26. The molecule has 6 nitrogen and oxygen atoms in total. The molecule has 0 radical (unpaired) electrons. The smallest absolute Gasteiger partial charge is 0.131 e. The van der Waals surface area contributed by atoms with Gasteiger partial charge in [-0.05, 0) is 51.4 Å². The largest absolute Gasteiger partial charge is 0.269 e. The van der Waals surface area contributed by atoms with Gasteiger partial charge in [0.25, 0.3) is 0 Å². The van der Waals surface area contributed by atoms with Crippen molar-refractivity contribution in [1.29, 1.82) is 0 Å². The molecule has 30 heavy (non-hydrogen) atoms. The highest BCUT2D eigenvalue weighted by Crippen LogP contribution is 2.39. The molecular weight excluding hydrogens is 372 g/mol. The Morgan fingerprint density at radius 2 is 1.73 bits per heavy atom. The summed E-state index contributed by atoms with van der Waals surface area (Å²) in [6, 6.07) is 0.559. The normalized spacial score (nSPS) is 27.8. The first-order valence-electron chi connectivity index (χ1n) is 11.7. The molecule has 3 heterocycles. The topological polar surface area (TPSA) is 68.3 Å². The molecule has 2 aromatic rings. The zero-order chi connectivity index (χ0) is 20.3. The predicted molar refractivity (Wildman–Crippen MR) is 120 cm³/mol. The Balaban J connectivity index is 1.25. The van der Waals surface area contributed by atoms with E-state index in [0.29, 0.717) is 23.8 Å². The first-order valence-corrected chi connectivity index (χ1v) is 11.7. The van der Waals surface area contributed by atoms with Gasteiger partial charge in [-0.1, -0.05) is 25.7 Å². The number of nitrogens with zero attached hydrogens (tertiary/aromatic N) is 6. The second-order valence-electron chi connectivity index (χ2n) is 9.42. The fraction of sp³-hybridized carbons (Fsp3) is 0.625. The fourth-order valence-electron chi connectivity index (χ4n) is 5.52. The fourth-order valence-corrected chi connectivity index (χ4v) is 5.52. The van der Waals surface area contributed by atoms with Crippen molar-refractivity contribution in [3.05, 3.63) is 30.6 Å². The molecule has 2 fully saturated rings. The van der Waals surface area contributed by atoms with E-state index in [2.05, 4.69) is 39.3 Å². The van der Waals surface area contributed by atoms with E-state index in [9.17, 15) is 0 Å². The Bertz CT molecular complexity index is 906. The summed E-state index contributed by atoms with van der Waals surface area (Å²) < 4.78 is 2.16. The van der Waals surface area contributed by atoms with Crippen LogP contribution in [0.3, 0.4) is 0 Å². The zero-order valence-corrected chi connectivity index (χ0v) is 18.0. The standard InChI is InChI=1S/C24H32N6/c1-17-10-20(14-27-29-17)18-6-5-7-19(11-18)24-25-12-21(13-26-24)22-15-28-30(16-22)23-8-3-2-4-9-23/h12-16,18-20,23H,2-11H2,1H3. The van der Waals surface area contributed by atoms with E-state index in [1.807, 2.05) is 18.6 Å². The molecule has 0 aromatic carbocycles. The zero-order valence-electron chi connectivity index (χ0n) is 18.0. The van der Waals surface area contributed by atoms with Gasteiger partial charge in [0, 0.05) is 53.5 Å². The van der Waals surface area contributed by atoms with Crippen molar-refractivity contribution in [2.75, 3.05) is 0 Å². The first kappa shape index (κ1) is 19.6. The summed E-state index contributed by atoms with van der Waals surface area (Å²) in [5.41, 5.74) is 3.35. The summed E-state index contributed by atoms with van der Waals surface area (Å²) in [7, 11) is 0. The minimum Gasteiger partial charge on any atom is -0.269 e. The lowest BCUT2D eigenvalue weighted by molar-refractivity contribution is 0.271. The number of hydrogen-bond donors (Lipinski definition) is 0. The van der Waals surface area contributed by atoms with Crippen LogP contribution in [0.5, 0.6) is 0 Å². The van der Waals surface area contributed by atoms with Gasteiger partial charge in [-0.15, -0.1) is 0 Å². The van der Waals surface area contributed by atoms with Crippen LogP contribution in [0.25, 0.3) is 11.1 Å². The Morgan fingerprint density at radius 1 is 0.900 bits per heavy atom. The Labute approximate surface area is 178 Å². The van der Waals surface area contributed by atoms with Gasteiger partial charge >= 0.3 is 0 Å². The molecular formula is C24H32N6. The van der Waals surface area contributed by atoms with E-state index < -0.39 is 0 Å². The van der Waals surface area contributed by atoms with Gasteiger partial charge < -0.3 is 0 Å². The second-order valence-corrected chi connectivity index (χ2v) is 9.42. The van der Waals surface area contributed by atoms with Crippen LogP contribution < -0.4 is 0 Å². The Hall–Kier alpha value is -2.37. The van der Waals surface area contributed by atoms with Gasteiger partial charge in [0.1, 0.15) is 5.82 Å². The van der Waals surface area contributed by atoms with E-state index in [0.717, 1.165) is 35.5 Å². The van der Waals surface area contributed by atoms with E-state index in [4.69, 9.17) is 9.97 Å². The average Bonchev–Trinajstić information content (AvgIpc) is 3.30. The Morgan fingerprint density at radius 3 is 2.53 bits per heavy atom. The van der Waals surface area contributed by atoms with Crippen molar-refractivity contribution in [2.24, 2.45) is 22.0 Å². The summed E-state index contributed by atoms with van der Waals surface area (Å²) in [5, 5.41) is 13.0. The highest BCUT2D eigenvalue weighted by molar-refractivity contribution is 5.87. The number of aromatic nitrogens is 4. The lowest BCUT2D eigenvalue weighted by Crippen LogP contribution is -2.26. The molecule has 6 heteroatoms. The van der Waals surface area contributed by atoms with Crippen LogP contribution in [-0.2, 0) is 0 Å². The van der Waals surface area contributed by atoms with Crippen molar-refractivity contribution in [3.63, 3.8) is 0 Å². The summed E-state index contributed by atoms with van der Waals surface area (Å²) in [5.74, 6) is 2.64. The molecule has 0 amide bonds. The Kier molecular flexibility index (Phi) is 5.73. The first-order chi connectivity index (χ1) is 14.8. The second kappa shape index (κ2) is 8.78. The molecule has 5 rings (SSSR count). The van der Waals surface area contributed by atoms with Crippen molar-refractivity contribution >= 4 is 11.9 Å². The van der Waals surface area contributed by atoms with Gasteiger partial charge in [0.05, 0.1) is 12.2 Å². The molecule has 0 bridgehead atoms. The van der Waals surface area contributed by atoms with Gasteiger partial charge in [-0.25, -0.2) is 9.97 Å². The molecule has 158 valence electrons. The molecule has 2 aliphatic carbocycles. The van der Waals surface area contributed by atoms with Crippen molar-refractivity contribution in [1.82, 2.24) is 19.7 Å². The van der Waals surface area contributed by atoms with Crippen molar-refractivity contribution < 1.29 is 0 Å². The summed E-state index contributed by atoms with van der Waals surface area (Å²) >= 11 is 0. The van der Waals surface area contributed by atoms with Crippen LogP contribution >= 0.6 is 0 Å². The lowest BCUT2D eigenvalue weighted by atomic mass is 9.73. The highest BCUT2D eigenvalue weighted by atomic mass is 15.3. The van der Waals surface area contributed by atoms with Crippen molar-refractivity contribution in [2.45, 2.75) is 83.1 Å². The third-order valence-corrected chi connectivity index (χ3v) is 7.26. The third kappa shape index (κ3) is 4.23. The molecule has 3 aliphatic rings. The number of rotatable bonds is 4. The van der Waals surface area contributed by atoms with Crippen LogP contribution in [0.2, 0.25) is 0 Å². The van der Waals surface area contributed by atoms with E-state index >= 15 is 0 Å². The molecule has 3 atom stereocenters. The monoisotopic (exact) mass is 404 g/mol. The molecule has 1 aliphatic heterocycles. The predicted octanol–water partition coefficient (Wildman–Crippen LogP) is 5.59. The van der Waals surface area contributed by atoms with Crippen LogP contribution in [0, 0.1) is 11.8 Å². The molecule has 0 N–H and O–H groups in total. The maximum Gasteiger partial charge on any atom is 0.131 e. The van der Waals surface area contributed by atoms with Crippen LogP contribution in [-0.4, -0.2) is 31.7 Å². The quantitative estimate of drug-likeness (QED) is 0.667. The molecule has 3 unspecified atom stereocenters. The highest BCUT2D eigenvalue weighted by Gasteiger charge is 2.31. The van der Waals surface area contributed by atoms with Crippen molar-refractivity contribution in [3.8, 4) is 11.1 Å². The SMILES string of the molecule is CC1=NN=CC(C2CCCC(c3ncc(-c4cnn(C5CCCCC5)c4)cn3)C2)C1. The van der Waals surface area contributed by atoms with Gasteiger partial charge in [-0.3, -0.25) is 4.68 Å². The van der Waals surface area contributed by atoms with Crippen LogP contribution in [0.1, 0.15) is 88.9 Å². The number of hydrogen-bond acceptors (Lipinski definition) is 5. The van der Waals surface area contributed by atoms with E-state index in [-0.39, 0.29) is 0 Å². The van der Waals surface area contributed by atoms with E-state index in [1.165, 1.54) is 51.4 Å². The molecule has 2 saturated carbocycles. The summed E-state index contributed by atoms with van der Waals surface area (Å²) in [6.07, 6.45) is 22.6. The van der Waals surface area contributed by atoms with Crippen LogP contribution in [0.4, 0.5) is 0 Å². The average molecular weight is 405 g/mol. The molecule has 0 saturated heterocycles. The maximum absolute atomic E-state index is 4.79. The van der Waals surface area contributed by atoms with Gasteiger partial charge in [-0.2, -0.15) is 15.3 Å².